The summed E-state index contributed by atoms with van der Waals surface area (Å²) >= 11 is 0. The molecule has 1 saturated heterocycles. The summed E-state index contributed by atoms with van der Waals surface area (Å²) < 4.78 is 9.97. The molecule has 0 aliphatic carbocycles. The third-order valence-corrected chi connectivity index (χ3v) is 5.46. The lowest BCUT2D eigenvalue weighted by molar-refractivity contribution is -0.122. The van der Waals surface area contributed by atoms with Gasteiger partial charge in [0.05, 0.1) is 31.0 Å². The zero-order valence-corrected chi connectivity index (χ0v) is 17.4. The maximum atomic E-state index is 8.36. The molecule has 9 nitrogen and oxygen atoms in total. The Morgan fingerprint density at radius 1 is 1.23 bits per heavy atom. The zero-order valence-electron chi connectivity index (χ0n) is 17.4. The van der Waals surface area contributed by atoms with Crippen molar-refractivity contribution < 1.29 is 14.6 Å². The number of rotatable bonds is 4. The van der Waals surface area contributed by atoms with Gasteiger partial charge in [0.25, 0.3) is 6.47 Å². The Morgan fingerprint density at radius 3 is 2.77 bits per heavy atom. The van der Waals surface area contributed by atoms with Crippen LogP contribution in [-0.2, 0) is 16.0 Å². The van der Waals surface area contributed by atoms with Crippen molar-refractivity contribution in [1.29, 1.82) is 0 Å². The first-order chi connectivity index (χ1) is 15.1. The summed E-state index contributed by atoms with van der Waals surface area (Å²) in [5, 5.41) is 11.4. The van der Waals surface area contributed by atoms with Crippen molar-refractivity contribution in [3.8, 4) is 11.4 Å². The van der Waals surface area contributed by atoms with E-state index in [1.54, 1.807) is 0 Å². The third kappa shape index (κ3) is 4.17. The number of pyridine rings is 1. The topological polar surface area (TPSA) is 107 Å². The molecule has 31 heavy (non-hydrogen) atoms. The van der Waals surface area contributed by atoms with Crippen LogP contribution in [0.15, 0.2) is 49.2 Å². The molecule has 1 N–H and O–H groups in total. The lowest BCUT2D eigenvalue weighted by Gasteiger charge is -2.21. The summed E-state index contributed by atoms with van der Waals surface area (Å²) in [5.74, 6) is 1.27. The Labute approximate surface area is 179 Å². The molecule has 9 heteroatoms. The number of nitrogens with zero attached hydrogens (tertiary/aromatic N) is 6. The second-order valence-corrected chi connectivity index (χ2v) is 7.52. The predicted octanol–water partition coefficient (Wildman–Crippen LogP) is 2.74. The fourth-order valence-electron chi connectivity index (χ4n) is 4.13. The van der Waals surface area contributed by atoms with Gasteiger partial charge in [-0.15, -0.1) is 0 Å². The number of fused-ring (bicyclic) bond motifs is 1. The van der Waals surface area contributed by atoms with Gasteiger partial charge in [0.1, 0.15) is 5.82 Å². The van der Waals surface area contributed by atoms with Crippen molar-refractivity contribution >= 4 is 12.1 Å². The number of ether oxygens (including phenoxy) is 1. The van der Waals surface area contributed by atoms with Crippen molar-refractivity contribution in [2.24, 2.45) is 5.92 Å². The number of aryl methyl sites for hydroxylation is 2. The van der Waals surface area contributed by atoms with Gasteiger partial charge >= 0.3 is 0 Å². The third-order valence-electron chi connectivity index (χ3n) is 5.46. The molecule has 5 rings (SSSR count). The van der Waals surface area contributed by atoms with Crippen molar-refractivity contribution in [2.75, 3.05) is 13.2 Å². The first-order valence-corrected chi connectivity index (χ1v) is 10.0. The maximum absolute atomic E-state index is 8.36. The molecule has 4 aromatic rings. The molecule has 2 atom stereocenters. The number of carboxylic acid groups (broad SMARTS) is 1. The average Bonchev–Trinajstić information content (AvgIpc) is 3.48. The van der Waals surface area contributed by atoms with E-state index < -0.39 is 0 Å². The Hall–Kier alpha value is -3.59. The molecule has 160 valence electrons. The van der Waals surface area contributed by atoms with E-state index in [0.717, 1.165) is 41.5 Å². The second kappa shape index (κ2) is 9.05. The molecule has 0 aromatic carbocycles. The normalized spacial score (nSPS) is 18.0. The minimum absolute atomic E-state index is 0.228. The van der Waals surface area contributed by atoms with Crippen molar-refractivity contribution in [2.45, 2.75) is 26.3 Å². The van der Waals surface area contributed by atoms with E-state index in [0.29, 0.717) is 12.5 Å². The highest BCUT2D eigenvalue weighted by Gasteiger charge is 2.32. The van der Waals surface area contributed by atoms with E-state index in [1.807, 2.05) is 55.4 Å². The van der Waals surface area contributed by atoms with Crippen LogP contribution < -0.4 is 0 Å². The Morgan fingerprint density at radius 2 is 2.00 bits per heavy atom. The molecular weight excluding hydrogens is 396 g/mol. The maximum Gasteiger partial charge on any atom is 0.290 e. The lowest BCUT2D eigenvalue weighted by Crippen LogP contribution is -2.20. The van der Waals surface area contributed by atoms with Gasteiger partial charge in [-0.1, -0.05) is 0 Å². The van der Waals surface area contributed by atoms with Crippen molar-refractivity contribution in [3.63, 3.8) is 0 Å². The summed E-state index contributed by atoms with van der Waals surface area (Å²) in [6.45, 7) is 5.23. The molecule has 0 saturated carbocycles. The largest absolute Gasteiger partial charge is 0.483 e. The predicted molar refractivity (Wildman–Crippen MR) is 114 cm³/mol. The van der Waals surface area contributed by atoms with Crippen LogP contribution in [0.3, 0.4) is 0 Å². The average molecular weight is 420 g/mol. The van der Waals surface area contributed by atoms with E-state index >= 15 is 0 Å². The fraction of sp³-hybridized carbons (Fsp3) is 0.318. The van der Waals surface area contributed by atoms with Crippen LogP contribution in [0.4, 0.5) is 0 Å². The summed E-state index contributed by atoms with van der Waals surface area (Å²) in [6, 6.07) is 6.41. The molecule has 4 aromatic heterocycles. The first kappa shape index (κ1) is 20.7. The molecule has 0 spiro atoms. The molecule has 1 aliphatic heterocycles. The van der Waals surface area contributed by atoms with Gasteiger partial charge in [0.15, 0.2) is 5.65 Å². The van der Waals surface area contributed by atoms with E-state index in [-0.39, 0.29) is 12.5 Å². The van der Waals surface area contributed by atoms with Crippen LogP contribution >= 0.6 is 0 Å². The molecule has 5 heterocycles. The Bertz CT molecular complexity index is 1170. The van der Waals surface area contributed by atoms with Crippen LogP contribution in [0.5, 0.6) is 0 Å². The standard InChI is InChI=1S/C21H22N6O.CH2O2/c1-14-9-15(2)27-21(25-14)18(11-24-27)20-23-7-8-26(20)19-13-28-12-17(19)10-16-3-5-22-6-4-16;2-1-3/h3-9,11,17,19H,10,12-13H2,1-2H3;1H,(H,2,3)/t17-,19-;/m1./s1. The van der Waals surface area contributed by atoms with Crippen LogP contribution in [0.25, 0.3) is 17.0 Å². The van der Waals surface area contributed by atoms with Crippen LogP contribution in [0.1, 0.15) is 23.0 Å². The zero-order chi connectivity index (χ0) is 21.8. The van der Waals surface area contributed by atoms with Crippen LogP contribution in [0.2, 0.25) is 0 Å². The number of hydrogen-bond acceptors (Lipinski definition) is 6. The van der Waals surface area contributed by atoms with Gasteiger partial charge in [-0.2, -0.15) is 5.10 Å². The van der Waals surface area contributed by atoms with Crippen molar-refractivity contribution in [1.82, 2.24) is 29.1 Å². The first-order valence-electron chi connectivity index (χ1n) is 10.0. The van der Waals surface area contributed by atoms with Crippen LogP contribution in [0, 0.1) is 19.8 Å². The molecule has 1 aliphatic rings. The molecule has 0 unspecified atom stereocenters. The summed E-state index contributed by atoms with van der Waals surface area (Å²) in [7, 11) is 0. The number of aromatic nitrogens is 6. The van der Waals surface area contributed by atoms with Gasteiger partial charge in [-0.25, -0.2) is 14.5 Å². The molecule has 0 amide bonds. The highest BCUT2D eigenvalue weighted by molar-refractivity contribution is 5.73. The van der Waals surface area contributed by atoms with Crippen molar-refractivity contribution in [3.05, 3.63) is 66.1 Å². The fourth-order valence-corrected chi connectivity index (χ4v) is 4.13. The molecular formula is C22H24N6O3. The number of hydrogen-bond donors (Lipinski definition) is 1. The second-order valence-electron chi connectivity index (χ2n) is 7.52. The SMILES string of the molecule is Cc1cc(C)n2ncc(-c3nccn3[C@@H]3COC[C@H]3Cc3ccncc3)c2n1.O=CO. The van der Waals surface area contributed by atoms with Gasteiger partial charge in [-0.05, 0) is 44.0 Å². The summed E-state index contributed by atoms with van der Waals surface area (Å²) in [5.41, 5.74) is 5.11. The molecule has 0 bridgehead atoms. The molecule has 1 fully saturated rings. The van der Waals surface area contributed by atoms with E-state index in [9.17, 15) is 0 Å². The Balaban J connectivity index is 0.000000730. The van der Waals surface area contributed by atoms with Gasteiger partial charge in [0.2, 0.25) is 0 Å². The summed E-state index contributed by atoms with van der Waals surface area (Å²) in [6.07, 6.45) is 10.4. The van der Waals surface area contributed by atoms with Gasteiger partial charge in [-0.3, -0.25) is 9.78 Å². The monoisotopic (exact) mass is 420 g/mol. The highest BCUT2D eigenvalue weighted by Crippen LogP contribution is 2.33. The van der Waals surface area contributed by atoms with Crippen LogP contribution in [-0.4, -0.2) is 53.9 Å². The highest BCUT2D eigenvalue weighted by atomic mass is 16.5. The minimum atomic E-state index is -0.250. The van der Waals surface area contributed by atoms with Gasteiger partial charge < -0.3 is 14.4 Å². The Kier molecular flexibility index (Phi) is 6.03. The summed E-state index contributed by atoms with van der Waals surface area (Å²) in [4.78, 5) is 21.9. The quantitative estimate of drug-likeness (QED) is 0.506. The number of carbonyl (C=O) groups is 1. The van der Waals surface area contributed by atoms with E-state index in [4.69, 9.17) is 19.6 Å². The lowest BCUT2D eigenvalue weighted by atomic mass is 9.95. The minimum Gasteiger partial charge on any atom is -0.483 e. The smallest absolute Gasteiger partial charge is 0.290 e. The van der Waals surface area contributed by atoms with E-state index in [2.05, 4.69) is 31.8 Å². The number of imidazole rings is 1. The van der Waals surface area contributed by atoms with Gasteiger partial charge in [0, 0.05) is 42.1 Å². The van der Waals surface area contributed by atoms with E-state index in [1.165, 1.54) is 5.56 Å². The molecule has 0 radical (unpaired) electrons.